The van der Waals surface area contributed by atoms with Crippen molar-refractivity contribution in [2.45, 2.75) is 20.8 Å². The van der Waals surface area contributed by atoms with Crippen LogP contribution in [0.4, 0.5) is 5.69 Å². The number of aromatic nitrogens is 1. The summed E-state index contributed by atoms with van der Waals surface area (Å²) in [5.74, 6) is 0.0340. The highest BCUT2D eigenvalue weighted by Gasteiger charge is 2.26. The number of aryl methyl sites for hydroxylation is 1. The van der Waals surface area contributed by atoms with E-state index in [0.29, 0.717) is 6.54 Å². The van der Waals surface area contributed by atoms with Crippen LogP contribution >= 0.6 is 0 Å². The summed E-state index contributed by atoms with van der Waals surface area (Å²) in [6, 6.07) is 1.91. The Labute approximate surface area is 96.5 Å². The second kappa shape index (κ2) is 4.96. The zero-order valence-electron chi connectivity index (χ0n) is 10.3. The van der Waals surface area contributed by atoms with E-state index in [9.17, 15) is 4.79 Å². The lowest BCUT2D eigenvalue weighted by atomic mass is 9.92. The van der Waals surface area contributed by atoms with E-state index in [1.807, 2.05) is 26.8 Å². The molecule has 2 N–H and O–H groups in total. The lowest BCUT2D eigenvalue weighted by Crippen LogP contribution is -2.39. The van der Waals surface area contributed by atoms with Crippen LogP contribution in [0.2, 0.25) is 0 Å². The molecule has 0 aliphatic rings. The van der Waals surface area contributed by atoms with Gasteiger partial charge >= 0.3 is 0 Å². The predicted octanol–water partition coefficient (Wildman–Crippen LogP) is 1.57. The van der Waals surface area contributed by atoms with E-state index in [2.05, 4.69) is 15.6 Å². The minimum atomic E-state index is -0.426. The van der Waals surface area contributed by atoms with Crippen LogP contribution in [-0.2, 0) is 4.79 Å². The van der Waals surface area contributed by atoms with Gasteiger partial charge in [-0.1, -0.05) is 0 Å². The van der Waals surface area contributed by atoms with Gasteiger partial charge in [0.05, 0.1) is 5.41 Å². The van der Waals surface area contributed by atoms with Gasteiger partial charge in [0.25, 0.3) is 0 Å². The SMILES string of the molecule is CNC(=O)C(C)(C)CNc1ccncc1C. The third-order valence-electron chi connectivity index (χ3n) is 2.58. The lowest BCUT2D eigenvalue weighted by molar-refractivity contribution is -0.128. The maximum atomic E-state index is 11.6. The first-order chi connectivity index (χ1) is 7.47. The van der Waals surface area contributed by atoms with Crippen LogP contribution in [0.15, 0.2) is 18.5 Å². The first kappa shape index (κ1) is 12.5. The molecule has 0 spiro atoms. The summed E-state index contributed by atoms with van der Waals surface area (Å²) >= 11 is 0. The molecule has 1 rings (SSSR count). The van der Waals surface area contributed by atoms with Gasteiger partial charge in [-0.15, -0.1) is 0 Å². The van der Waals surface area contributed by atoms with Crippen LogP contribution in [0.5, 0.6) is 0 Å². The van der Waals surface area contributed by atoms with Crippen molar-refractivity contribution in [1.29, 1.82) is 0 Å². The Hall–Kier alpha value is -1.58. The summed E-state index contributed by atoms with van der Waals surface area (Å²) in [6.45, 7) is 6.41. The quantitative estimate of drug-likeness (QED) is 0.811. The smallest absolute Gasteiger partial charge is 0.227 e. The highest BCUT2D eigenvalue weighted by molar-refractivity contribution is 5.82. The number of rotatable bonds is 4. The highest BCUT2D eigenvalue weighted by Crippen LogP contribution is 2.18. The van der Waals surface area contributed by atoms with Gasteiger partial charge in [0.1, 0.15) is 0 Å². The zero-order valence-corrected chi connectivity index (χ0v) is 10.3. The summed E-state index contributed by atoms with van der Waals surface area (Å²) in [5.41, 5.74) is 1.67. The Morgan fingerprint density at radius 3 is 2.75 bits per heavy atom. The fraction of sp³-hybridized carbons (Fsp3) is 0.500. The largest absolute Gasteiger partial charge is 0.384 e. The number of nitrogens with one attached hydrogen (secondary N) is 2. The minimum Gasteiger partial charge on any atom is -0.384 e. The summed E-state index contributed by atoms with van der Waals surface area (Å²) in [4.78, 5) is 15.6. The molecule has 88 valence electrons. The molecule has 0 saturated carbocycles. The van der Waals surface area contributed by atoms with E-state index in [1.54, 1.807) is 19.4 Å². The van der Waals surface area contributed by atoms with E-state index < -0.39 is 5.41 Å². The topological polar surface area (TPSA) is 54.0 Å². The van der Waals surface area contributed by atoms with Crippen molar-refractivity contribution >= 4 is 11.6 Å². The average molecular weight is 221 g/mol. The van der Waals surface area contributed by atoms with Gasteiger partial charge in [0.2, 0.25) is 5.91 Å². The van der Waals surface area contributed by atoms with Gasteiger partial charge in [-0.2, -0.15) is 0 Å². The molecule has 0 aromatic carbocycles. The predicted molar refractivity (Wildman–Crippen MR) is 65.3 cm³/mol. The van der Waals surface area contributed by atoms with Crippen molar-refractivity contribution < 1.29 is 4.79 Å². The molecule has 1 aromatic heterocycles. The zero-order chi connectivity index (χ0) is 12.2. The molecule has 0 saturated heterocycles. The third kappa shape index (κ3) is 2.95. The lowest BCUT2D eigenvalue weighted by Gasteiger charge is -2.23. The van der Waals surface area contributed by atoms with Crippen LogP contribution in [0.3, 0.4) is 0 Å². The molecule has 0 aliphatic heterocycles. The molecule has 0 aliphatic carbocycles. The fourth-order valence-electron chi connectivity index (χ4n) is 1.41. The Morgan fingerprint density at radius 2 is 2.19 bits per heavy atom. The number of hydrogen-bond donors (Lipinski definition) is 2. The summed E-state index contributed by atoms with van der Waals surface area (Å²) in [5, 5.41) is 5.93. The van der Waals surface area contributed by atoms with Gasteiger partial charge in [0.15, 0.2) is 0 Å². The number of amides is 1. The fourth-order valence-corrected chi connectivity index (χ4v) is 1.41. The van der Waals surface area contributed by atoms with Crippen LogP contribution in [0, 0.1) is 12.3 Å². The Morgan fingerprint density at radius 1 is 1.50 bits per heavy atom. The maximum Gasteiger partial charge on any atom is 0.227 e. The van der Waals surface area contributed by atoms with Gasteiger partial charge in [-0.05, 0) is 32.4 Å². The molecule has 16 heavy (non-hydrogen) atoms. The highest BCUT2D eigenvalue weighted by atomic mass is 16.2. The van der Waals surface area contributed by atoms with E-state index in [1.165, 1.54) is 0 Å². The molecule has 4 heteroatoms. The van der Waals surface area contributed by atoms with Gasteiger partial charge in [0, 0.05) is 31.7 Å². The summed E-state index contributed by atoms with van der Waals surface area (Å²) in [6.07, 6.45) is 3.54. The van der Waals surface area contributed by atoms with Crippen molar-refractivity contribution in [3.05, 3.63) is 24.0 Å². The number of hydrogen-bond acceptors (Lipinski definition) is 3. The van der Waals surface area contributed by atoms with Crippen LogP contribution < -0.4 is 10.6 Å². The van der Waals surface area contributed by atoms with Crippen LogP contribution in [0.1, 0.15) is 19.4 Å². The standard InChI is InChI=1S/C12H19N3O/c1-9-7-14-6-5-10(9)15-8-12(2,3)11(16)13-4/h5-7H,8H2,1-4H3,(H,13,16)(H,14,15). The van der Waals surface area contributed by atoms with E-state index in [-0.39, 0.29) is 5.91 Å². The van der Waals surface area contributed by atoms with E-state index in [0.717, 1.165) is 11.3 Å². The number of nitrogens with zero attached hydrogens (tertiary/aromatic N) is 1. The number of carbonyl (C=O) groups is 1. The minimum absolute atomic E-state index is 0.0340. The van der Waals surface area contributed by atoms with E-state index in [4.69, 9.17) is 0 Å². The van der Waals surface area contributed by atoms with Crippen molar-refractivity contribution in [1.82, 2.24) is 10.3 Å². The van der Waals surface area contributed by atoms with Gasteiger partial charge in [-0.25, -0.2) is 0 Å². The number of anilines is 1. The molecular weight excluding hydrogens is 202 g/mol. The first-order valence-electron chi connectivity index (χ1n) is 5.34. The van der Waals surface area contributed by atoms with Crippen LogP contribution in [-0.4, -0.2) is 24.5 Å². The molecule has 1 amide bonds. The molecule has 1 aromatic rings. The molecule has 0 fully saturated rings. The maximum absolute atomic E-state index is 11.6. The van der Waals surface area contributed by atoms with Crippen molar-refractivity contribution in [3.63, 3.8) is 0 Å². The monoisotopic (exact) mass is 221 g/mol. The molecule has 0 radical (unpaired) electrons. The Kier molecular flexibility index (Phi) is 3.88. The summed E-state index contributed by atoms with van der Waals surface area (Å²) < 4.78 is 0. The molecule has 4 nitrogen and oxygen atoms in total. The molecule has 0 unspecified atom stereocenters. The average Bonchev–Trinajstić information content (AvgIpc) is 2.27. The third-order valence-corrected chi connectivity index (χ3v) is 2.58. The summed E-state index contributed by atoms with van der Waals surface area (Å²) in [7, 11) is 1.65. The second-order valence-electron chi connectivity index (χ2n) is 4.51. The number of carbonyl (C=O) groups excluding carboxylic acids is 1. The van der Waals surface area contributed by atoms with Crippen molar-refractivity contribution in [2.75, 3.05) is 18.9 Å². The number of pyridine rings is 1. The van der Waals surface area contributed by atoms with Crippen molar-refractivity contribution in [2.24, 2.45) is 5.41 Å². The van der Waals surface area contributed by atoms with Crippen LogP contribution in [0.25, 0.3) is 0 Å². The van der Waals surface area contributed by atoms with Gasteiger partial charge < -0.3 is 10.6 Å². The Bertz CT molecular complexity index is 374. The second-order valence-corrected chi connectivity index (χ2v) is 4.51. The van der Waals surface area contributed by atoms with Crippen molar-refractivity contribution in [3.8, 4) is 0 Å². The molecule has 0 bridgehead atoms. The first-order valence-corrected chi connectivity index (χ1v) is 5.34. The van der Waals surface area contributed by atoms with Gasteiger partial charge in [-0.3, -0.25) is 9.78 Å². The normalized spacial score (nSPS) is 11.0. The molecular formula is C12H19N3O. The van der Waals surface area contributed by atoms with E-state index >= 15 is 0 Å². The molecule has 0 atom stereocenters. The molecule has 1 heterocycles. The Balaban J connectivity index is 2.65.